The molecule has 1 fully saturated rings. The maximum Gasteiger partial charge on any atom is 0.288 e. The first-order chi connectivity index (χ1) is 12.4. The van der Waals surface area contributed by atoms with Crippen molar-refractivity contribution in [2.45, 2.75) is 13.3 Å². The Bertz CT molecular complexity index is 958. The van der Waals surface area contributed by atoms with E-state index < -0.39 is 4.92 Å². The molecule has 0 unspecified atom stereocenters. The number of para-hydroxylation sites is 1. The number of thiocarbonyl (C=S) groups is 1. The molecule has 1 aliphatic rings. The van der Waals surface area contributed by atoms with Crippen molar-refractivity contribution in [3.63, 3.8) is 0 Å². The topological polar surface area (TPSA) is 75.5 Å². The average molecular weight is 388 g/mol. The Kier molecular flexibility index (Phi) is 5.01. The lowest BCUT2D eigenvalue weighted by Crippen LogP contribution is -2.31. The Morgan fingerprint density at radius 3 is 2.73 bits per heavy atom. The van der Waals surface area contributed by atoms with Crippen LogP contribution in [0, 0.1) is 10.1 Å². The zero-order valence-electron chi connectivity index (χ0n) is 13.7. The normalized spacial score (nSPS) is 15.5. The summed E-state index contributed by atoms with van der Waals surface area (Å²) in [7, 11) is 0. The van der Waals surface area contributed by atoms with E-state index in [0.717, 1.165) is 17.7 Å². The van der Waals surface area contributed by atoms with Gasteiger partial charge in [-0.2, -0.15) is 0 Å². The molecule has 1 saturated heterocycles. The molecule has 1 amide bonds. The van der Waals surface area contributed by atoms with Gasteiger partial charge < -0.3 is 5.32 Å². The highest BCUT2D eigenvalue weighted by Gasteiger charge is 2.33. The van der Waals surface area contributed by atoms with E-state index >= 15 is 0 Å². The van der Waals surface area contributed by atoms with Gasteiger partial charge in [0.25, 0.3) is 11.6 Å². The number of hydrogen-bond donors (Lipinski definition) is 1. The number of benzene rings is 2. The quantitative estimate of drug-likeness (QED) is 0.370. The summed E-state index contributed by atoms with van der Waals surface area (Å²) in [5.41, 5.74) is 2.22. The first-order valence-electron chi connectivity index (χ1n) is 7.81. The van der Waals surface area contributed by atoms with Crippen LogP contribution in [0.1, 0.15) is 18.1 Å². The summed E-state index contributed by atoms with van der Waals surface area (Å²) >= 11 is 11.1. The van der Waals surface area contributed by atoms with Crippen molar-refractivity contribution < 1.29 is 9.72 Å². The zero-order chi connectivity index (χ0) is 18.8. The predicted molar refractivity (Wildman–Crippen MR) is 105 cm³/mol. The maximum absolute atomic E-state index is 12.8. The van der Waals surface area contributed by atoms with E-state index in [4.69, 9.17) is 23.8 Å². The highest BCUT2D eigenvalue weighted by molar-refractivity contribution is 7.80. The number of nitro benzene ring substituents is 1. The molecule has 1 aliphatic heterocycles. The summed E-state index contributed by atoms with van der Waals surface area (Å²) in [5, 5.41) is 14.2. The molecule has 26 heavy (non-hydrogen) atoms. The third-order valence-electron chi connectivity index (χ3n) is 3.97. The Labute approximate surface area is 160 Å². The fourth-order valence-corrected chi connectivity index (χ4v) is 3.19. The summed E-state index contributed by atoms with van der Waals surface area (Å²) in [6.45, 7) is 2.00. The molecule has 132 valence electrons. The molecule has 0 saturated carbocycles. The van der Waals surface area contributed by atoms with Crippen LogP contribution < -0.4 is 10.2 Å². The van der Waals surface area contributed by atoms with Crippen LogP contribution in [0.3, 0.4) is 0 Å². The third kappa shape index (κ3) is 3.31. The van der Waals surface area contributed by atoms with Gasteiger partial charge in [-0.3, -0.25) is 19.8 Å². The van der Waals surface area contributed by atoms with Gasteiger partial charge in [0.05, 0.1) is 10.6 Å². The Balaban J connectivity index is 1.98. The first-order valence-corrected chi connectivity index (χ1v) is 8.60. The van der Waals surface area contributed by atoms with Crippen molar-refractivity contribution in [3.05, 3.63) is 74.4 Å². The number of halogens is 1. The summed E-state index contributed by atoms with van der Waals surface area (Å²) < 4.78 is 0. The van der Waals surface area contributed by atoms with Crippen molar-refractivity contribution in [2.24, 2.45) is 0 Å². The van der Waals surface area contributed by atoms with Crippen molar-refractivity contribution in [2.75, 3.05) is 4.90 Å². The molecular formula is C18H14ClN3O3S. The van der Waals surface area contributed by atoms with Gasteiger partial charge in [-0.1, -0.05) is 42.8 Å². The molecule has 0 aliphatic carbocycles. The molecule has 1 heterocycles. The van der Waals surface area contributed by atoms with E-state index in [0.29, 0.717) is 5.56 Å². The van der Waals surface area contributed by atoms with Crippen LogP contribution in [0.2, 0.25) is 5.02 Å². The molecule has 1 N–H and O–H groups in total. The van der Waals surface area contributed by atoms with Crippen LogP contribution in [0.5, 0.6) is 0 Å². The van der Waals surface area contributed by atoms with Crippen molar-refractivity contribution in [1.82, 2.24) is 5.32 Å². The zero-order valence-corrected chi connectivity index (χ0v) is 15.3. The second kappa shape index (κ2) is 7.23. The third-order valence-corrected chi connectivity index (χ3v) is 4.57. The van der Waals surface area contributed by atoms with Gasteiger partial charge in [0.15, 0.2) is 5.11 Å². The number of amides is 1. The molecule has 0 bridgehead atoms. The Hall–Kier alpha value is -2.77. The second-order valence-corrected chi connectivity index (χ2v) is 6.37. The number of nitro groups is 1. The predicted octanol–water partition coefficient (Wildman–Crippen LogP) is 4.07. The van der Waals surface area contributed by atoms with Gasteiger partial charge in [-0.15, -0.1) is 0 Å². The average Bonchev–Trinajstić information content (AvgIpc) is 2.89. The lowest BCUT2D eigenvalue weighted by atomic mass is 10.1. The Morgan fingerprint density at radius 1 is 1.31 bits per heavy atom. The fraction of sp³-hybridized carbons (Fsp3) is 0.111. The minimum atomic E-state index is -0.567. The molecule has 0 radical (unpaired) electrons. The summed E-state index contributed by atoms with van der Waals surface area (Å²) in [4.78, 5) is 24.7. The van der Waals surface area contributed by atoms with Gasteiger partial charge in [-0.25, -0.2) is 0 Å². The molecule has 6 nitrogen and oxygen atoms in total. The van der Waals surface area contributed by atoms with Gasteiger partial charge in [0, 0.05) is 6.07 Å². The highest BCUT2D eigenvalue weighted by Crippen LogP contribution is 2.29. The number of anilines is 1. The minimum Gasteiger partial charge on any atom is -0.327 e. The number of aryl methyl sites for hydroxylation is 1. The Morgan fingerprint density at radius 2 is 2.04 bits per heavy atom. The molecule has 2 aromatic carbocycles. The summed E-state index contributed by atoms with van der Waals surface area (Å²) in [6.07, 6.45) is 2.28. The van der Waals surface area contributed by atoms with Crippen LogP contribution >= 0.6 is 23.8 Å². The maximum atomic E-state index is 12.8. The standard InChI is InChI=1S/C18H14ClN3O3S/c1-2-12-5-3-4-6-15(12)21-17(23)14(20-18(21)26)9-11-7-8-13(19)16(10-11)22(24)25/h3-10H,2H2,1H3,(H,20,26)/b14-9+. The van der Waals surface area contributed by atoms with E-state index in [1.54, 1.807) is 6.07 Å². The minimum absolute atomic E-state index is 0.0388. The molecule has 8 heteroatoms. The number of nitrogens with zero attached hydrogens (tertiary/aromatic N) is 2. The number of carbonyl (C=O) groups is 1. The van der Waals surface area contributed by atoms with Crippen LogP contribution in [0.15, 0.2) is 48.2 Å². The molecule has 0 spiro atoms. The second-order valence-electron chi connectivity index (χ2n) is 5.58. The smallest absolute Gasteiger partial charge is 0.288 e. The molecule has 3 rings (SSSR count). The van der Waals surface area contributed by atoms with Crippen molar-refractivity contribution in [3.8, 4) is 0 Å². The van der Waals surface area contributed by atoms with E-state index in [9.17, 15) is 14.9 Å². The lowest BCUT2D eigenvalue weighted by Gasteiger charge is -2.17. The van der Waals surface area contributed by atoms with Crippen LogP contribution in [-0.4, -0.2) is 15.9 Å². The van der Waals surface area contributed by atoms with Crippen LogP contribution in [-0.2, 0) is 11.2 Å². The van der Waals surface area contributed by atoms with E-state index in [1.165, 1.54) is 23.1 Å². The number of carbonyl (C=O) groups excluding carboxylic acids is 1. The van der Waals surface area contributed by atoms with Gasteiger partial charge >= 0.3 is 0 Å². The van der Waals surface area contributed by atoms with E-state index in [-0.39, 0.29) is 27.4 Å². The monoisotopic (exact) mass is 387 g/mol. The molecule has 0 aromatic heterocycles. The SMILES string of the molecule is CCc1ccccc1N1C(=O)/C(=C\c2ccc(Cl)c([N+](=O)[O-])c2)NC1=S. The van der Waals surface area contributed by atoms with Crippen LogP contribution in [0.25, 0.3) is 6.08 Å². The highest BCUT2D eigenvalue weighted by atomic mass is 35.5. The molecule has 2 aromatic rings. The van der Waals surface area contributed by atoms with Gasteiger partial charge in [0.1, 0.15) is 10.7 Å². The van der Waals surface area contributed by atoms with Gasteiger partial charge in [-0.05, 0) is 48.0 Å². The number of rotatable bonds is 4. The first kappa shape index (κ1) is 18.0. The largest absolute Gasteiger partial charge is 0.327 e. The van der Waals surface area contributed by atoms with E-state index in [1.807, 2.05) is 31.2 Å². The summed E-state index contributed by atoms with van der Waals surface area (Å²) in [5.74, 6) is -0.312. The molecule has 0 atom stereocenters. The number of nitrogens with one attached hydrogen (secondary N) is 1. The van der Waals surface area contributed by atoms with Crippen LogP contribution in [0.4, 0.5) is 11.4 Å². The number of hydrogen-bond acceptors (Lipinski definition) is 4. The molecular weight excluding hydrogens is 374 g/mol. The van der Waals surface area contributed by atoms with Crippen molar-refractivity contribution >= 4 is 52.3 Å². The lowest BCUT2D eigenvalue weighted by molar-refractivity contribution is -0.384. The van der Waals surface area contributed by atoms with E-state index in [2.05, 4.69) is 5.32 Å². The fourth-order valence-electron chi connectivity index (χ4n) is 2.71. The summed E-state index contributed by atoms with van der Waals surface area (Å²) in [6, 6.07) is 11.9. The van der Waals surface area contributed by atoms with Gasteiger partial charge in [0.2, 0.25) is 0 Å². The van der Waals surface area contributed by atoms with Crippen molar-refractivity contribution in [1.29, 1.82) is 0 Å².